The largest absolute Gasteiger partial charge is 0.417 e. The van der Waals surface area contributed by atoms with Gasteiger partial charge in [0.2, 0.25) is 6.29 Å². The predicted octanol–water partition coefficient (Wildman–Crippen LogP) is 3.24. The Balaban J connectivity index is 1.55. The summed E-state index contributed by atoms with van der Waals surface area (Å²) < 4.78 is 42.4. The van der Waals surface area contributed by atoms with Crippen LogP contribution in [-0.2, 0) is 28.0 Å². The summed E-state index contributed by atoms with van der Waals surface area (Å²) in [6, 6.07) is 5.82. The Hall–Kier alpha value is -2.73. The fraction of sp³-hybridized carbons (Fsp3) is 0.286. The molecular formula is C21H25N3O10P2. The Morgan fingerprint density at radius 3 is 2.56 bits per heavy atom. The van der Waals surface area contributed by atoms with Gasteiger partial charge in [0.05, 0.1) is 12.1 Å². The zero-order valence-electron chi connectivity index (χ0n) is 18.9. The third-order valence-electron chi connectivity index (χ3n) is 5.45. The number of allylic oxidation sites excluding steroid dienone is 4. The van der Waals surface area contributed by atoms with Crippen molar-refractivity contribution in [3.05, 3.63) is 78.4 Å². The highest BCUT2D eigenvalue weighted by molar-refractivity contribution is 7.72. The van der Waals surface area contributed by atoms with Gasteiger partial charge in [0.15, 0.2) is 12.1 Å². The Kier molecular flexibility index (Phi) is 7.84. The van der Waals surface area contributed by atoms with Gasteiger partial charge in [0.25, 0.3) is 0 Å². The number of nitrogens with zero attached hydrogens (tertiary/aromatic N) is 2. The van der Waals surface area contributed by atoms with E-state index in [-0.39, 0.29) is 36.9 Å². The van der Waals surface area contributed by atoms with E-state index in [0.29, 0.717) is 5.70 Å². The molecular weight excluding hydrogens is 516 g/mol. The first kappa shape index (κ1) is 26.3. The topological polar surface area (TPSA) is 170 Å². The number of hydrogen-bond acceptors (Lipinski definition) is 10. The molecule has 0 saturated carbocycles. The van der Waals surface area contributed by atoms with E-state index in [1.807, 2.05) is 0 Å². The van der Waals surface area contributed by atoms with Gasteiger partial charge in [-0.2, -0.15) is 0 Å². The van der Waals surface area contributed by atoms with E-state index >= 15 is 0 Å². The van der Waals surface area contributed by atoms with Crippen molar-refractivity contribution in [1.29, 1.82) is 0 Å². The van der Waals surface area contributed by atoms with Crippen LogP contribution in [0.5, 0.6) is 5.75 Å². The van der Waals surface area contributed by atoms with E-state index in [0.717, 1.165) is 6.20 Å². The predicted molar refractivity (Wildman–Crippen MR) is 126 cm³/mol. The molecule has 2 atom stereocenters. The van der Waals surface area contributed by atoms with Crippen LogP contribution in [0.1, 0.15) is 18.3 Å². The van der Waals surface area contributed by atoms with Crippen LogP contribution in [0.4, 0.5) is 4.79 Å². The minimum absolute atomic E-state index is 0.0332. The van der Waals surface area contributed by atoms with Crippen molar-refractivity contribution in [2.75, 3.05) is 19.9 Å². The van der Waals surface area contributed by atoms with E-state index < -0.39 is 39.4 Å². The van der Waals surface area contributed by atoms with Crippen molar-refractivity contribution in [3.8, 4) is 5.75 Å². The molecule has 2 fully saturated rings. The molecule has 3 aliphatic heterocycles. The van der Waals surface area contributed by atoms with Gasteiger partial charge < -0.3 is 25.2 Å². The molecule has 1 aromatic rings. The zero-order valence-corrected chi connectivity index (χ0v) is 20.7. The first-order valence-electron chi connectivity index (χ1n) is 10.7. The molecule has 1 amide bonds. The number of carbonyl (C=O) groups is 1. The number of amides is 1. The van der Waals surface area contributed by atoms with Crippen LogP contribution >= 0.6 is 15.2 Å². The van der Waals surface area contributed by atoms with Gasteiger partial charge in [-0.05, 0) is 18.2 Å². The Morgan fingerprint density at radius 2 is 1.92 bits per heavy atom. The summed E-state index contributed by atoms with van der Waals surface area (Å²) in [5, 5.41) is -1.83. The lowest BCUT2D eigenvalue weighted by atomic mass is 10.2. The quantitative estimate of drug-likeness (QED) is 0.368. The lowest BCUT2D eigenvalue weighted by molar-refractivity contribution is -0.336. The van der Waals surface area contributed by atoms with Crippen LogP contribution in [0.3, 0.4) is 0 Å². The number of benzene rings is 1. The zero-order chi connectivity index (χ0) is 25.9. The minimum atomic E-state index is -4.78. The molecule has 3 aliphatic rings. The molecule has 2 saturated heterocycles. The third kappa shape index (κ3) is 5.64. The molecule has 3 heterocycles. The van der Waals surface area contributed by atoms with Crippen molar-refractivity contribution < 1.29 is 47.3 Å². The molecule has 0 aromatic heterocycles. The second kappa shape index (κ2) is 10.7. The minimum Gasteiger partial charge on any atom is -0.410 e. The third-order valence-corrected chi connectivity index (χ3v) is 10.1. The number of ether oxygens (including phenoxy) is 1. The molecule has 0 bridgehead atoms. The summed E-state index contributed by atoms with van der Waals surface area (Å²) in [7, 11) is -9.56. The van der Waals surface area contributed by atoms with Gasteiger partial charge in [0.1, 0.15) is 12.4 Å². The van der Waals surface area contributed by atoms with Crippen molar-refractivity contribution in [2.24, 2.45) is 5.73 Å². The van der Waals surface area contributed by atoms with Gasteiger partial charge in [-0.15, -0.1) is 0 Å². The van der Waals surface area contributed by atoms with Crippen molar-refractivity contribution >= 4 is 21.3 Å². The summed E-state index contributed by atoms with van der Waals surface area (Å²) in [6.45, 7) is 4.04. The van der Waals surface area contributed by atoms with Gasteiger partial charge in [0, 0.05) is 30.2 Å². The fourth-order valence-electron chi connectivity index (χ4n) is 3.60. The maximum absolute atomic E-state index is 13.2. The molecule has 13 nitrogen and oxygen atoms in total. The highest BCUT2D eigenvalue weighted by atomic mass is 31.2. The van der Waals surface area contributed by atoms with Crippen LogP contribution in [0.2, 0.25) is 0 Å². The van der Waals surface area contributed by atoms with Crippen LogP contribution in [-0.4, -0.2) is 51.0 Å². The van der Waals surface area contributed by atoms with Gasteiger partial charge in [-0.1, -0.05) is 30.9 Å². The molecule has 0 spiro atoms. The number of para-hydroxylation sites is 1. The lowest BCUT2D eigenvalue weighted by Gasteiger charge is -2.37. The molecule has 15 heteroatoms. The standard InChI is InChI=1S/C21H25N3O10P2/c1-15-6-4-5-9-24(15)16(13-22)12-19-35(26,27)33-20(34-36(19,28)29)17-7-2-3-8-18(17)32-21(25)23-10-11-30-31-14-23/h2-9,13,19-20H,1,10-12,14,22H2,(H,26,27)(H,28,29)/b16-13-. The molecule has 36 heavy (non-hydrogen) atoms. The monoisotopic (exact) mass is 541 g/mol. The average Bonchev–Trinajstić information content (AvgIpc) is 2.84. The van der Waals surface area contributed by atoms with Crippen LogP contribution in [0, 0.1) is 0 Å². The number of rotatable bonds is 5. The normalized spacial score (nSPS) is 30.9. The molecule has 0 aliphatic carbocycles. The Morgan fingerprint density at radius 1 is 1.19 bits per heavy atom. The summed E-state index contributed by atoms with van der Waals surface area (Å²) in [5.74, 6) is -0.0958. The summed E-state index contributed by atoms with van der Waals surface area (Å²) in [4.78, 5) is 46.1. The number of hydrogen-bond donors (Lipinski definition) is 3. The molecule has 4 rings (SSSR count). The maximum Gasteiger partial charge on any atom is 0.417 e. The molecule has 1 aromatic carbocycles. The summed E-state index contributed by atoms with van der Waals surface area (Å²) in [5.41, 5.74) is 6.41. The highest BCUT2D eigenvalue weighted by Gasteiger charge is 2.55. The van der Waals surface area contributed by atoms with E-state index in [2.05, 4.69) is 6.58 Å². The molecule has 0 radical (unpaired) electrons. The van der Waals surface area contributed by atoms with Gasteiger partial charge in [-0.25, -0.2) is 14.6 Å². The van der Waals surface area contributed by atoms with Crippen LogP contribution < -0.4 is 10.5 Å². The first-order chi connectivity index (χ1) is 17.1. The van der Waals surface area contributed by atoms with Crippen molar-refractivity contribution in [3.63, 3.8) is 0 Å². The van der Waals surface area contributed by atoms with Gasteiger partial charge in [-0.3, -0.25) is 23.1 Å². The Bertz CT molecular complexity index is 1180. The molecule has 4 N–H and O–H groups in total. The SMILES string of the molecule is C=C1C=CC=CN1/C(=C\N)CC1P(=O)(O)OC(c2ccccc2OC(=O)N2CCOOC2)OP1(=O)O. The molecule has 2 unspecified atom stereocenters. The first-order valence-corrected chi connectivity index (χ1v) is 14.0. The summed E-state index contributed by atoms with van der Waals surface area (Å²) in [6.07, 6.45) is 4.85. The van der Waals surface area contributed by atoms with Crippen molar-refractivity contribution in [1.82, 2.24) is 9.80 Å². The molecule has 194 valence electrons. The maximum atomic E-state index is 13.2. The summed E-state index contributed by atoms with van der Waals surface area (Å²) >= 11 is 0. The second-order valence-electron chi connectivity index (χ2n) is 7.81. The number of nitrogens with two attached hydrogens (primary N) is 1. The van der Waals surface area contributed by atoms with Gasteiger partial charge >= 0.3 is 21.3 Å². The van der Waals surface area contributed by atoms with Crippen LogP contribution in [0.15, 0.2) is 72.9 Å². The smallest absolute Gasteiger partial charge is 0.410 e. The fourth-order valence-corrected chi connectivity index (χ4v) is 7.45. The Labute approximate surface area is 206 Å². The van der Waals surface area contributed by atoms with Crippen molar-refractivity contribution in [2.45, 2.75) is 18.1 Å². The van der Waals surface area contributed by atoms with Crippen LogP contribution in [0.25, 0.3) is 0 Å². The highest BCUT2D eigenvalue weighted by Crippen LogP contribution is 2.74. The lowest BCUT2D eigenvalue weighted by Crippen LogP contribution is -2.41. The van der Waals surface area contributed by atoms with E-state index in [1.54, 1.807) is 24.4 Å². The van der Waals surface area contributed by atoms with E-state index in [9.17, 15) is 23.7 Å². The number of carbonyl (C=O) groups excluding carboxylic acids is 1. The van der Waals surface area contributed by atoms with E-state index in [4.69, 9.17) is 29.3 Å². The van der Waals surface area contributed by atoms with E-state index in [1.165, 1.54) is 34.1 Å². The average molecular weight is 541 g/mol. The second-order valence-corrected chi connectivity index (χ2v) is 12.1.